The molecule has 6 nitrogen and oxygen atoms in total. The maximum absolute atomic E-state index is 6.17. The van der Waals surface area contributed by atoms with Crippen molar-refractivity contribution < 1.29 is 4.74 Å². The number of hydrogen-bond acceptors (Lipinski definition) is 6. The fourth-order valence-corrected chi connectivity index (χ4v) is 3.27. The Morgan fingerprint density at radius 1 is 1.48 bits per heavy atom. The topological polar surface area (TPSA) is 70.6 Å². The molecule has 0 aliphatic carbocycles. The predicted octanol–water partition coefficient (Wildman–Crippen LogP) is 3.68. The zero-order chi connectivity index (χ0) is 18.2. The van der Waals surface area contributed by atoms with Crippen LogP contribution in [-0.4, -0.2) is 36.1 Å². The molecule has 0 spiro atoms. The summed E-state index contributed by atoms with van der Waals surface area (Å²) in [5.74, 6) is 0. The van der Waals surface area contributed by atoms with E-state index in [1.54, 1.807) is 13.3 Å². The number of thiazole rings is 1. The van der Waals surface area contributed by atoms with Gasteiger partial charge in [0.1, 0.15) is 0 Å². The second-order valence-electron chi connectivity index (χ2n) is 5.31. The molecule has 2 rings (SSSR count). The van der Waals surface area contributed by atoms with E-state index < -0.39 is 0 Å². The summed E-state index contributed by atoms with van der Waals surface area (Å²) in [5.41, 5.74) is 4.87. The maximum Gasteiger partial charge on any atom is 0.189 e. The van der Waals surface area contributed by atoms with Gasteiger partial charge in [0.25, 0.3) is 0 Å². The van der Waals surface area contributed by atoms with E-state index in [0.29, 0.717) is 22.0 Å². The first-order valence-corrected chi connectivity index (χ1v) is 9.17. The first-order valence-electron chi connectivity index (χ1n) is 7.57. The average molecular weight is 398 g/mol. The van der Waals surface area contributed by atoms with Gasteiger partial charge in [-0.3, -0.25) is 5.43 Å². The smallest absolute Gasteiger partial charge is 0.189 e. The monoisotopic (exact) mass is 397 g/mol. The van der Waals surface area contributed by atoms with Gasteiger partial charge in [-0.05, 0) is 37.7 Å². The number of aryl methyl sites for hydroxylation is 1. The minimum absolute atomic E-state index is 0.0945. The van der Waals surface area contributed by atoms with Gasteiger partial charge in [-0.1, -0.05) is 41.1 Å². The minimum Gasteiger partial charge on any atom is -0.383 e. The molecule has 0 amide bonds. The van der Waals surface area contributed by atoms with E-state index in [9.17, 15) is 0 Å². The number of halogens is 1. The van der Waals surface area contributed by atoms with E-state index in [1.807, 2.05) is 38.1 Å². The number of ether oxygens (including phenoxy) is 1. The van der Waals surface area contributed by atoms with Gasteiger partial charge in [-0.25, -0.2) is 4.98 Å². The largest absolute Gasteiger partial charge is 0.383 e. The standard InChI is InChI=1S/C16H20ClN5OS2/c1-10-6-4-5-7-12(10)20-16-21-14(17)13(25-16)8-18-22-15(24)19-11(2)9-23-3/h4-8,11H,9H2,1-3H3,(H,20,21)(H2,19,22,24)/b18-8+/t11-/m1/s1. The summed E-state index contributed by atoms with van der Waals surface area (Å²) in [5, 5.41) is 11.9. The molecule has 0 aliphatic rings. The Bertz CT molecular complexity index is 750. The molecular weight excluding hydrogens is 378 g/mol. The Morgan fingerprint density at radius 2 is 2.24 bits per heavy atom. The molecule has 2 aromatic rings. The summed E-state index contributed by atoms with van der Waals surface area (Å²) in [4.78, 5) is 5.04. The molecule has 9 heteroatoms. The van der Waals surface area contributed by atoms with Gasteiger partial charge in [-0.15, -0.1) is 0 Å². The van der Waals surface area contributed by atoms with Crippen LogP contribution in [-0.2, 0) is 4.74 Å². The van der Waals surface area contributed by atoms with Crippen molar-refractivity contribution in [1.82, 2.24) is 15.7 Å². The lowest BCUT2D eigenvalue weighted by Crippen LogP contribution is -2.40. The van der Waals surface area contributed by atoms with Gasteiger partial charge in [0.2, 0.25) is 0 Å². The number of hydrogen-bond donors (Lipinski definition) is 3. The molecule has 1 atom stereocenters. The maximum atomic E-state index is 6.17. The molecule has 1 aromatic heterocycles. The number of methoxy groups -OCH3 is 1. The number of rotatable bonds is 7. The third kappa shape index (κ3) is 6.24. The number of nitrogens with zero attached hydrogens (tertiary/aromatic N) is 2. The Morgan fingerprint density at radius 3 is 2.96 bits per heavy atom. The van der Waals surface area contributed by atoms with Crippen molar-refractivity contribution in [2.75, 3.05) is 19.0 Å². The molecule has 1 heterocycles. The van der Waals surface area contributed by atoms with E-state index in [0.717, 1.165) is 16.1 Å². The van der Waals surface area contributed by atoms with Crippen molar-refractivity contribution in [3.8, 4) is 0 Å². The predicted molar refractivity (Wildman–Crippen MR) is 109 cm³/mol. The molecular formula is C16H20ClN5OS2. The van der Waals surface area contributed by atoms with Gasteiger partial charge in [0.15, 0.2) is 15.4 Å². The first-order chi connectivity index (χ1) is 12.0. The molecule has 25 heavy (non-hydrogen) atoms. The van der Waals surface area contributed by atoms with Gasteiger partial charge < -0.3 is 15.4 Å². The Balaban J connectivity index is 1.94. The lowest BCUT2D eigenvalue weighted by Gasteiger charge is -2.13. The molecule has 0 saturated heterocycles. The van der Waals surface area contributed by atoms with Crippen LogP contribution in [0.3, 0.4) is 0 Å². The van der Waals surface area contributed by atoms with E-state index in [4.69, 9.17) is 28.6 Å². The highest BCUT2D eigenvalue weighted by Crippen LogP contribution is 2.28. The fraction of sp³-hybridized carbons (Fsp3) is 0.312. The number of nitrogens with one attached hydrogen (secondary N) is 3. The SMILES string of the molecule is COC[C@@H](C)NC(=S)N/N=C/c1sc(Nc2ccccc2C)nc1Cl. The zero-order valence-corrected chi connectivity index (χ0v) is 16.6. The lowest BCUT2D eigenvalue weighted by molar-refractivity contribution is 0.179. The number of benzene rings is 1. The van der Waals surface area contributed by atoms with Crippen molar-refractivity contribution in [3.63, 3.8) is 0 Å². The van der Waals surface area contributed by atoms with Crippen molar-refractivity contribution in [2.24, 2.45) is 5.10 Å². The molecule has 0 unspecified atom stereocenters. The van der Waals surface area contributed by atoms with Crippen LogP contribution in [0.1, 0.15) is 17.4 Å². The van der Waals surface area contributed by atoms with Crippen LogP contribution in [0.25, 0.3) is 0 Å². The van der Waals surface area contributed by atoms with Crippen molar-refractivity contribution in [2.45, 2.75) is 19.9 Å². The fourth-order valence-electron chi connectivity index (χ4n) is 1.97. The van der Waals surface area contributed by atoms with Crippen molar-refractivity contribution in [1.29, 1.82) is 0 Å². The van der Waals surface area contributed by atoms with Crippen LogP contribution in [0.2, 0.25) is 5.15 Å². The summed E-state index contributed by atoms with van der Waals surface area (Å²) in [6.45, 7) is 4.55. The highest BCUT2D eigenvalue weighted by Gasteiger charge is 2.09. The van der Waals surface area contributed by atoms with Crippen LogP contribution in [0.4, 0.5) is 10.8 Å². The summed E-state index contributed by atoms with van der Waals surface area (Å²) in [6, 6.07) is 8.07. The number of hydrazone groups is 1. The molecule has 3 N–H and O–H groups in total. The van der Waals surface area contributed by atoms with Crippen LogP contribution < -0.4 is 16.1 Å². The minimum atomic E-state index is 0.0945. The van der Waals surface area contributed by atoms with E-state index in [1.165, 1.54) is 11.3 Å². The second-order valence-corrected chi connectivity index (χ2v) is 7.11. The number of anilines is 2. The highest BCUT2D eigenvalue weighted by molar-refractivity contribution is 7.80. The quantitative estimate of drug-likeness (QED) is 0.376. The molecule has 0 fully saturated rings. The van der Waals surface area contributed by atoms with Gasteiger partial charge in [-0.2, -0.15) is 5.10 Å². The van der Waals surface area contributed by atoms with Crippen molar-refractivity contribution in [3.05, 3.63) is 39.9 Å². The summed E-state index contributed by atoms with van der Waals surface area (Å²) in [7, 11) is 1.64. The summed E-state index contributed by atoms with van der Waals surface area (Å²) in [6.07, 6.45) is 1.60. The number of thiocarbonyl (C=S) groups is 1. The summed E-state index contributed by atoms with van der Waals surface area (Å²) >= 11 is 12.7. The van der Waals surface area contributed by atoms with Crippen molar-refractivity contribution >= 4 is 57.3 Å². The third-order valence-corrected chi connectivity index (χ3v) is 4.65. The normalized spacial score (nSPS) is 12.2. The Hall–Kier alpha value is -1.74. The van der Waals surface area contributed by atoms with Gasteiger partial charge in [0.05, 0.1) is 17.7 Å². The third-order valence-electron chi connectivity index (χ3n) is 3.14. The molecule has 0 saturated carbocycles. The molecule has 134 valence electrons. The Kier molecular flexibility index (Phi) is 7.57. The highest BCUT2D eigenvalue weighted by atomic mass is 35.5. The molecule has 0 aliphatic heterocycles. The Labute approximate surface area is 161 Å². The van der Waals surface area contributed by atoms with Crippen LogP contribution in [0.15, 0.2) is 29.4 Å². The average Bonchev–Trinajstić information content (AvgIpc) is 2.89. The van der Waals surface area contributed by atoms with Gasteiger partial charge >= 0.3 is 0 Å². The van der Waals surface area contributed by atoms with E-state index in [-0.39, 0.29) is 6.04 Å². The number of para-hydroxylation sites is 1. The molecule has 0 bridgehead atoms. The van der Waals surface area contributed by atoms with Crippen LogP contribution in [0, 0.1) is 6.92 Å². The molecule has 0 radical (unpaired) electrons. The van der Waals surface area contributed by atoms with Crippen LogP contribution in [0.5, 0.6) is 0 Å². The second kappa shape index (κ2) is 9.67. The summed E-state index contributed by atoms with van der Waals surface area (Å²) < 4.78 is 5.03. The first kappa shape index (κ1) is 19.6. The van der Waals surface area contributed by atoms with Crippen LogP contribution >= 0.6 is 35.2 Å². The van der Waals surface area contributed by atoms with Gasteiger partial charge in [0, 0.05) is 18.8 Å². The number of aromatic nitrogens is 1. The molecule has 1 aromatic carbocycles. The van der Waals surface area contributed by atoms with E-state index >= 15 is 0 Å². The zero-order valence-electron chi connectivity index (χ0n) is 14.2. The lowest BCUT2D eigenvalue weighted by atomic mass is 10.2. The van der Waals surface area contributed by atoms with E-state index in [2.05, 4.69) is 26.1 Å².